The van der Waals surface area contributed by atoms with Crippen LogP contribution < -0.4 is 10.1 Å². The average molecular weight is 518 g/mol. The predicted molar refractivity (Wildman–Crippen MR) is 120 cm³/mol. The zero-order valence-electron chi connectivity index (χ0n) is 18.8. The van der Waals surface area contributed by atoms with Crippen molar-refractivity contribution >= 4 is 52.9 Å². The van der Waals surface area contributed by atoms with Crippen LogP contribution in [0.25, 0.3) is 0 Å². The van der Waals surface area contributed by atoms with E-state index in [0.717, 1.165) is 20.8 Å². The van der Waals surface area contributed by atoms with E-state index in [9.17, 15) is 19.2 Å². The van der Waals surface area contributed by atoms with E-state index >= 15 is 0 Å². The molecule has 0 saturated carbocycles. The third kappa shape index (κ3) is 8.43. The first-order valence-electron chi connectivity index (χ1n) is 10.0. The molecule has 5 atom stereocenters. The number of ether oxygens (including phenoxy) is 6. The van der Waals surface area contributed by atoms with E-state index in [4.69, 9.17) is 52.2 Å². The fraction of sp³-hybridized carbons (Fsp3) is 0.476. The van der Waals surface area contributed by atoms with Gasteiger partial charge in [-0.15, -0.1) is 0 Å². The largest absolute Gasteiger partial charge is 0.463 e. The molecule has 1 aliphatic heterocycles. The highest BCUT2D eigenvalue weighted by Gasteiger charge is 2.52. The molecule has 0 unspecified atom stereocenters. The SMILES string of the molecule is CC(=O)OC[C@@H]1O[C@H](NC(=S)Oc2ccc(Cl)cc2)[C@H](OC(C)=O)[C@H](OC(C)=O)[C@H]1OC(C)=O. The van der Waals surface area contributed by atoms with Crippen molar-refractivity contribution in [1.82, 2.24) is 5.32 Å². The van der Waals surface area contributed by atoms with Crippen LogP contribution in [-0.4, -0.2) is 66.3 Å². The van der Waals surface area contributed by atoms with Gasteiger partial charge in [0.05, 0.1) is 0 Å². The van der Waals surface area contributed by atoms with Crippen LogP contribution in [0.4, 0.5) is 0 Å². The van der Waals surface area contributed by atoms with Gasteiger partial charge in [0.2, 0.25) is 0 Å². The first kappa shape index (κ1) is 27.3. The maximum Gasteiger partial charge on any atom is 0.303 e. The van der Waals surface area contributed by atoms with Gasteiger partial charge in [-0.2, -0.15) is 0 Å². The van der Waals surface area contributed by atoms with Gasteiger partial charge in [0, 0.05) is 32.7 Å². The topological polar surface area (TPSA) is 136 Å². The summed E-state index contributed by atoms with van der Waals surface area (Å²) in [6.45, 7) is 4.22. The number of nitrogens with one attached hydrogen (secondary N) is 1. The van der Waals surface area contributed by atoms with Crippen molar-refractivity contribution in [3.05, 3.63) is 29.3 Å². The lowest BCUT2D eigenvalue weighted by Crippen LogP contribution is -2.66. The van der Waals surface area contributed by atoms with Crippen LogP contribution in [0.3, 0.4) is 0 Å². The van der Waals surface area contributed by atoms with Crippen LogP contribution in [0.5, 0.6) is 5.75 Å². The van der Waals surface area contributed by atoms with E-state index in [0.29, 0.717) is 10.8 Å². The molecule has 13 heteroatoms. The Morgan fingerprint density at radius 3 is 1.94 bits per heavy atom. The standard InChI is InChI=1S/C21H24ClNO10S/c1-10(24)28-9-16-17(29-11(2)25)18(30-12(3)26)19(31-13(4)27)20(33-16)23-21(34)32-15-7-5-14(22)6-8-15/h5-8,16-20H,9H2,1-4H3,(H,23,34)/t16-,17-,18+,19+,20-/m0/s1. The quantitative estimate of drug-likeness (QED) is 0.320. The summed E-state index contributed by atoms with van der Waals surface area (Å²) < 4.78 is 32.4. The van der Waals surface area contributed by atoms with Crippen LogP contribution in [-0.2, 0) is 42.9 Å². The molecule has 1 heterocycles. The molecule has 0 spiro atoms. The summed E-state index contributed by atoms with van der Waals surface area (Å²) in [7, 11) is 0. The Labute approximate surface area is 205 Å². The molecule has 0 aromatic heterocycles. The van der Waals surface area contributed by atoms with Crippen molar-refractivity contribution in [2.75, 3.05) is 6.61 Å². The molecule has 1 saturated heterocycles. The fourth-order valence-corrected chi connectivity index (χ4v) is 3.44. The van der Waals surface area contributed by atoms with Crippen molar-refractivity contribution in [3.8, 4) is 5.75 Å². The molecule has 1 aromatic rings. The first-order chi connectivity index (χ1) is 16.0. The summed E-state index contributed by atoms with van der Waals surface area (Å²) >= 11 is 11.1. The Morgan fingerprint density at radius 2 is 1.41 bits per heavy atom. The molecule has 0 bridgehead atoms. The van der Waals surface area contributed by atoms with Gasteiger partial charge in [-0.3, -0.25) is 19.2 Å². The smallest absolute Gasteiger partial charge is 0.303 e. The lowest BCUT2D eigenvalue weighted by atomic mass is 9.97. The maximum absolute atomic E-state index is 11.8. The van der Waals surface area contributed by atoms with Crippen molar-refractivity contribution in [2.24, 2.45) is 0 Å². The van der Waals surface area contributed by atoms with Gasteiger partial charge in [0.15, 0.2) is 24.5 Å². The molecule has 2 rings (SSSR count). The molecule has 186 valence electrons. The second kappa shape index (κ2) is 12.5. The minimum absolute atomic E-state index is 0.178. The van der Waals surface area contributed by atoms with Crippen LogP contribution in [0, 0.1) is 0 Å². The number of halogens is 1. The molecule has 1 aliphatic rings. The minimum atomic E-state index is -1.32. The number of carbonyl (C=O) groups excluding carboxylic acids is 4. The molecular weight excluding hydrogens is 494 g/mol. The molecule has 34 heavy (non-hydrogen) atoms. The van der Waals surface area contributed by atoms with Gasteiger partial charge in [-0.1, -0.05) is 11.6 Å². The summed E-state index contributed by atoms with van der Waals surface area (Å²) in [5, 5.41) is 3.05. The molecule has 0 amide bonds. The molecule has 1 fully saturated rings. The minimum Gasteiger partial charge on any atom is -0.463 e. The van der Waals surface area contributed by atoms with Gasteiger partial charge >= 0.3 is 23.9 Å². The number of carbonyl (C=O) groups is 4. The Balaban J connectivity index is 2.35. The zero-order valence-corrected chi connectivity index (χ0v) is 20.3. The van der Waals surface area contributed by atoms with Gasteiger partial charge in [0.1, 0.15) is 18.5 Å². The first-order valence-corrected chi connectivity index (χ1v) is 10.8. The average Bonchev–Trinajstić information content (AvgIpc) is 2.71. The number of hydrogen-bond donors (Lipinski definition) is 1. The van der Waals surface area contributed by atoms with E-state index < -0.39 is 54.5 Å². The molecule has 0 radical (unpaired) electrons. The van der Waals surface area contributed by atoms with E-state index in [2.05, 4.69) is 5.32 Å². The normalized spacial score (nSPS) is 23.7. The lowest BCUT2D eigenvalue weighted by Gasteiger charge is -2.44. The van der Waals surface area contributed by atoms with Gasteiger partial charge in [-0.25, -0.2) is 0 Å². The van der Waals surface area contributed by atoms with Gasteiger partial charge in [-0.05, 0) is 36.5 Å². The van der Waals surface area contributed by atoms with Crippen molar-refractivity contribution in [3.63, 3.8) is 0 Å². The van der Waals surface area contributed by atoms with Crippen LogP contribution in [0.15, 0.2) is 24.3 Å². The number of hydrogen-bond acceptors (Lipinski definition) is 11. The number of esters is 4. The molecular formula is C21H24ClNO10S. The van der Waals surface area contributed by atoms with E-state index in [1.54, 1.807) is 24.3 Å². The summed E-state index contributed by atoms with van der Waals surface area (Å²) in [6, 6.07) is 6.33. The number of benzene rings is 1. The van der Waals surface area contributed by atoms with Gasteiger partial charge in [0.25, 0.3) is 5.17 Å². The van der Waals surface area contributed by atoms with E-state index in [-0.39, 0.29) is 11.8 Å². The van der Waals surface area contributed by atoms with E-state index in [1.807, 2.05) is 0 Å². The highest BCUT2D eigenvalue weighted by molar-refractivity contribution is 7.80. The second-order valence-electron chi connectivity index (χ2n) is 7.11. The maximum atomic E-state index is 11.8. The molecule has 1 N–H and O–H groups in total. The number of rotatable bonds is 7. The van der Waals surface area contributed by atoms with Gasteiger partial charge < -0.3 is 33.7 Å². The van der Waals surface area contributed by atoms with Crippen molar-refractivity contribution in [2.45, 2.75) is 58.3 Å². The van der Waals surface area contributed by atoms with Crippen LogP contribution in [0.2, 0.25) is 5.02 Å². The third-order valence-corrected chi connectivity index (χ3v) is 4.73. The Hall–Kier alpha value is -2.96. The highest BCUT2D eigenvalue weighted by atomic mass is 35.5. The monoisotopic (exact) mass is 517 g/mol. The molecule has 11 nitrogen and oxygen atoms in total. The van der Waals surface area contributed by atoms with Crippen molar-refractivity contribution in [1.29, 1.82) is 0 Å². The van der Waals surface area contributed by atoms with Crippen LogP contribution >= 0.6 is 23.8 Å². The highest BCUT2D eigenvalue weighted by Crippen LogP contribution is 2.28. The third-order valence-electron chi connectivity index (χ3n) is 4.28. The van der Waals surface area contributed by atoms with Crippen LogP contribution in [0.1, 0.15) is 27.7 Å². The lowest BCUT2D eigenvalue weighted by molar-refractivity contribution is -0.255. The summed E-state index contributed by atoms with van der Waals surface area (Å²) in [5.41, 5.74) is 0. The second-order valence-corrected chi connectivity index (χ2v) is 7.91. The Morgan fingerprint density at radius 1 is 0.882 bits per heavy atom. The summed E-state index contributed by atoms with van der Waals surface area (Å²) in [6.07, 6.45) is -6.25. The number of thiocarbonyl (C=S) groups is 1. The molecule has 1 aromatic carbocycles. The Bertz CT molecular complexity index is 925. The Kier molecular flexibility index (Phi) is 10.0. The summed E-state index contributed by atoms with van der Waals surface area (Å²) in [4.78, 5) is 46.8. The van der Waals surface area contributed by atoms with E-state index in [1.165, 1.54) is 6.92 Å². The fourth-order valence-electron chi connectivity index (χ4n) is 3.10. The van der Waals surface area contributed by atoms with Crippen molar-refractivity contribution < 1.29 is 47.6 Å². The molecule has 0 aliphatic carbocycles. The zero-order chi connectivity index (χ0) is 25.4. The summed E-state index contributed by atoms with van der Waals surface area (Å²) in [5.74, 6) is -2.48. The predicted octanol–water partition coefficient (Wildman–Crippen LogP) is 1.68.